The van der Waals surface area contributed by atoms with Crippen LogP contribution in [0.15, 0.2) is 48.5 Å². The molecular formula is C18H20O. The summed E-state index contributed by atoms with van der Waals surface area (Å²) in [7, 11) is 0. The first kappa shape index (κ1) is 12.4. The first-order valence-electron chi connectivity index (χ1n) is 7.13. The molecular weight excluding hydrogens is 232 g/mol. The maximum atomic E-state index is 10.5. The molecule has 0 fully saturated rings. The van der Waals surface area contributed by atoms with Crippen LogP contribution in [0.4, 0.5) is 0 Å². The summed E-state index contributed by atoms with van der Waals surface area (Å²) in [6, 6.07) is 16.8. The van der Waals surface area contributed by atoms with E-state index in [1.807, 2.05) is 12.1 Å². The van der Waals surface area contributed by atoms with Gasteiger partial charge in [-0.1, -0.05) is 55.5 Å². The second-order valence-corrected chi connectivity index (χ2v) is 5.40. The molecule has 0 aliphatic heterocycles. The molecule has 1 N–H and O–H groups in total. The van der Waals surface area contributed by atoms with Crippen molar-refractivity contribution in [2.45, 2.75) is 38.2 Å². The lowest BCUT2D eigenvalue weighted by atomic mass is 9.74. The molecule has 0 radical (unpaired) electrons. The predicted octanol–water partition coefficient (Wildman–Crippen LogP) is 4.01. The number of benzene rings is 2. The summed E-state index contributed by atoms with van der Waals surface area (Å²) in [6.45, 7) is 2.14. The first-order chi connectivity index (χ1) is 9.29. The molecule has 98 valence electrons. The van der Waals surface area contributed by atoms with Crippen LogP contribution in [0.3, 0.4) is 0 Å². The zero-order chi connectivity index (χ0) is 13.2. The average molecular weight is 252 g/mol. The van der Waals surface area contributed by atoms with Crippen LogP contribution in [0.2, 0.25) is 0 Å². The van der Waals surface area contributed by atoms with Gasteiger partial charge in [-0.05, 0) is 47.4 Å². The Morgan fingerprint density at radius 1 is 1.11 bits per heavy atom. The lowest BCUT2D eigenvalue weighted by Gasteiger charge is -2.32. The van der Waals surface area contributed by atoms with Gasteiger partial charge in [0, 0.05) is 0 Å². The van der Waals surface area contributed by atoms with Gasteiger partial charge in [-0.3, -0.25) is 0 Å². The van der Waals surface area contributed by atoms with Crippen LogP contribution in [-0.4, -0.2) is 5.11 Å². The Kier molecular flexibility index (Phi) is 3.39. The summed E-state index contributed by atoms with van der Waals surface area (Å²) >= 11 is 0. The van der Waals surface area contributed by atoms with Crippen LogP contribution in [0.5, 0.6) is 0 Å². The predicted molar refractivity (Wildman–Crippen MR) is 78.3 cm³/mol. The molecule has 0 aromatic heterocycles. The number of aliphatic hydroxyl groups excluding tert-OH is 1. The molecule has 1 nitrogen and oxygen atoms in total. The molecule has 1 aliphatic carbocycles. The minimum Gasteiger partial charge on any atom is -0.388 e. The fourth-order valence-electron chi connectivity index (χ4n) is 3.15. The summed E-state index contributed by atoms with van der Waals surface area (Å²) < 4.78 is 0. The van der Waals surface area contributed by atoms with Crippen LogP contribution in [0, 0.1) is 0 Å². The van der Waals surface area contributed by atoms with Gasteiger partial charge in [-0.25, -0.2) is 0 Å². The van der Waals surface area contributed by atoms with E-state index in [1.165, 1.54) is 16.7 Å². The molecule has 2 unspecified atom stereocenters. The third kappa shape index (κ3) is 2.31. The second-order valence-electron chi connectivity index (χ2n) is 5.40. The van der Waals surface area contributed by atoms with Gasteiger partial charge in [0.15, 0.2) is 0 Å². The van der Waals surface area contributed by atoms with Crippen molar-refractivity contribution >= 4 is 0 Å². The Labute approximate surface area is 114 Å². The smallest absolute Gasteiger partial charge is 0.0798 e. The van der Waals surface area contributed by atoms with Crippen LogP contribution in [-0.2, 0) is 12.8 Å². The Balaban J connectivity index is 1.75. The first-order valence-corrected chi connectivity index (χ1v) is 7.13. The molecule has 0 amide bonds. The fraction of sp³-hybridized carbons (Fsp3) is 0.333. The fourth-order valence-corrected chi connectivity index (χ4v) is 3.15. The SMILES string of the molecule is CCc1ccccc1C(O)CC1Cc2ccccc21. The van der Waals surface area contributed by atoms with Crippen LogP contribution in [0.25, 0.3) is 0 Å². The highest BCUT2D eigenvalue weighted by molar-refractivity contribution is 5.40. The van der Waals surface area contributed by atoms with Crippen molar-refractivity contribution in [1.82, 2.24) is 0 Å². The van der Waals surface area contributed by atoms with E-state index >= 15 is 0 Å². The summed E-state index contributed by atoms with van der Waals surface area (Å²) in [5, 5.41) is 10.5. The maximum absolute atomic E-state index is 10.5. The van der Waals surface area contributed by atoms with Gasteiger partial charge in [0.05, 0.1) is 6.10 Å². The van der Waals surface area contributed by atoms with E-state index in [0.717, 1.165) is 24.8 Å². The van der Waals surface area contributed by atoms with E-state index < -0.39 is 0 Å². The van der Waals surface area contributed by atoms with Crippen molar-refractivity contribution in [2.75, 3.05) is 0 Å². The van der Waals surface area contributed by atoms with Crippen molar-refractivity contribution in [3.8, 4) is 0 Å². The number of aliphatic hydroxyl groups is 1. The van der Waals surface area contributed by atoms with Gasteiger partial charge in [-0.15, -0.1) is 0 Å². The molecule has 2 aromatic rings. The van der Waals surface area contributed by atoms with Crippen LogP contribution in [0.1, 0.15) is 47.6 Å². The third-order valence-electron chi connectivity index (χ3n) is 4.26. The van der Waals surface area contributed by atoms with Crippen molar-refractivity contribution in [1.29, 1.82) is 0 Å². The number of aryl methyl sites for hydroxylation is 1. The Hall–Kier alpha value is -1.60. The number of rotatable bonds is 4. The monoisotopic (exact) mass is 252 g/mol. The highest BCUT2D eigenvalue weighted by Crippen LogP contribution is 2.41. The standard InChI is InChI=1S/C18H20O/c1-2-13-7-3-6-10-17(13)18(19)12-15-11-14-8-4-5-9-16(14)15/h3-10,15,18-19H,2,11-12H2,1H3. The van der Waals surface area contributed by atoms with Crippen molar-refractivity contribution < 1.29 is 5.11 Å². The molecule has 0 spiro atoms. The van der Waals surface area contributed by atoms with Gasteiger partial charge < -0.3 is 5.11 Å². The summed E-state index contributed by atoms with van der Waals surface area (Å²) in [4.78, 5) is 0. The van der Waals surface area contributed by atoms with E-state index in [1.54, 1.807) is 0 Å². The molecule has 2 atom stereocenters. The molecule has 1 heteroatoms. The van der Waals surface area contributed by atoms with Crippen molar-refractivity contribution in [2.24, 2.45) is 0 Å². The lowest BCUT2D eigenvalue weighted by molar-refractivity contribution is 0.152. The van der Waals surface area contributed by atoms with E-state index in [-0.39, 0.29) is 6.10 Å². The topological polar surface area (TPSA) is 20.2 Å². The zero-order valence-corrected chi connectivity index (χ0v) is 11.3. The normalized spacial score (nSPS) is 18.5. The largest absolute Gasteiger partial charge is 0.388 e. The highest BCUT2D eigenvalue weighted by Gasteiger charge is 2.28. The summed E-state index contributed by atoms with van der Waals surface area (Å²) in [5.74, 6) is 0.524. The van der Waals surface area contributed by atoms with Gasteiger partial charge in [-0.2, -0.15) is 0 Å². The highest BCUT2D eigenvalue weighted by atomic mass is 16.3. The zero-order valence-electron chi connectivity index (χ0n) is 11.3. The minimum absolute atomic E-state index is 0.338. The third-order valence-corrected chi connectivity index (χ3v) is 4.26. The van der Waals surface area contributed by atoms with E-state index in [9.17, 15) is 5.11 Å². The van der Waals surface area contributed by atoms with Crippen molar-refractivity contribution in [3.05, 3.63) is 70.8 Å². The quantitative estimate of drug-likeness (QED) is 0.871. The minimum atomic E-state index is -0.338. The molecule has 0 heterocycles. The van der Waals surface area contributed by atoms with E-state index in [4.69, 9.17) is 0 Å². The summed E-state index contributed by atoms with van der Waals surface area (Å²) in [6.07, 6.45) is 2.60. The van der Waals surface area contributed by atoms with Crippen LogP contribution >= 0.6 is 0 Å². The maximum Gasteiger partial charge on any atom is 0.0798 e. The number of hydrogen-bond donors (Lipinski definition) is 1. The average Bonchev–Trinajstić information content (AvgIpc) is 2.44. The molecule has 0 bridgehead atoms. The van der Waals surface area contributed by atoms with E-state index in [2.05, 4.69) is 43.3 Å². The Morgan fingerprint density at radius 3 is 2.63 bits per heavy atom. The van der Waals surface area contributed by atoms with Crippen molar-refractivity contribution in [3.63, 3.8) is 0 Å². The molecule has 3 rings (SSSR count). The summed E-state index contributed by atoms with van der Waals surface area (Å²) in [5.41, 5.74) is 5.25. The van der Waals surface area contributed by atoms with Gasteiger partial charge >= 0.3 is 0 Å². The Bertz CT molecular complexity index is 573. The van der Waals surface area contributed by atoms with Gasteiger partial charge in [0.2, 0.25) is 0 Å². The van der Waals surface area contributed by atoms with Gasteiger partial charge in [0.25, 0.3) is 0 Å². The van der Waals surface area contributed by atoms with E-state index in [0.29, 0.717) is 5.92 Å². The molecule has 0 saturated heterocycles. The van der Waals surface area contributed by atoms with Gasteiger partial charge in [0.1, 0.15) is 0 Å². The number of fused-ring (bicyclic) bond motifs is 1. The van der Waals surface area contributed by atoms with Crippen LogP contribution < -0.4 is 0 Å². The Morgan fingerprint density at radius 2 is 1.84 bits per heavy atom. The molecule has 0 saturated carbocycles. The molecule has 1 aliphatic rings. The lowest BCUT2D eigenvalue weighted by Crippen LogP contribution is -2.19. The molecule has 2 aromatic carbocycles. The molecule has 19 heavy (non-hydrogen) atoms. The number of hydrogen-bond acceptors (Lipinski definition) is 1. The second kappa shape index (κ2) is 5.18.